The molecule has 3 heterocycles. The minimum Gasteiger partial charge on any atom is -0.360 e. The topological polar surface area (TPSA) is 97.6 Å². The van der Waals surface area contributed by atoms with E-state index < -0.39 is 0 Å². The van der Waals surface area contributed by atoms with Crippen LogP contribution in [0.25, 0.3) is 10.9 Å². The van der Waals surface area contributed by atoms with Gasteiger partial charge in [-0.15, -0.1) is 0 Å². The number of rotatable bonds is 3. The standard InChI is InChI=1S/C16H14N2OS.C7H6N4O/c1-17-16(19)12-7-3-5-9-14(12)20-15-10-18-13-8-4-2-6-11(13)15;12-7(10-3-1-8-5-10)11-4-2-9-6-11/h2-10,18H,1H3,(H,17,19);1-6H. The van der Waals surface area contributed by atoms with Gasteiger partial charge in [-0.1, -0.05) is 42.1 Å². The number of aromatic amines is 1. The van der Waals surface area contributed by atoms with Gasteiger partial charge in [-0.2, -0.15) is 0 Å². The van der Waals surface area contributed by atoms with Gasteiger partial charge in [0, 0.05) is 58.7 Å². The van der Waals surface area contributed by atoms with Crippen LogP contribution in [0, 0.1) is 0 Å². The molecule has 2 N–H and O–H groups in total. The van der Waals surface area contributed by atoms with Crippen LogP contribution in [0.15, 0.2) is 102 Å². The number of nitrogens with one attached hydrogen (secondary N) is 2. The Hall–Kier alpha value is -4.11. The summed E-state index contributed by atoms with van der Waals surface area (Å²) in [7, 11) is 1.65. The molecule has 0 atom stereocenters. The van der Waals surface area contributed by atoms with E-state index in [1.807, 2.05) is 48.7 Å². The fourth-order valence-corrected chi connectivity index (χ4v) is 4.06. The smallest absolute Gasteiger partial charge is 0.338 e. The van der Waals surface area contributed by atoms with Crippen LogP contribution in [-0.4, -0.2) is 43.1 Å². The molecule has 0 saturated heterocycles. The molecular formula is C23H20N6O2S. The van der Waals surface area contributed by atoms with Crippen molar-refractivity contribution in [1.82, 2.24) is 29.4 Å². The number of H-pyrrole nitrogens is 1. The van der Waals surface area contributed by atoms with Crippen molar-refractivity contribution < 1.29 is 9.59 Å². The molecule has 160 valence electrons. The SMILES string of the molecule is CNC(=O)c1ccccc1Sc1c[nH]c2ccccc12.O=C(n1ccnc1)n1ccnc1. The highest BCUT2D eigenvalue weighted by atomic mass is 32.2. The van der Waals surface area contributed by atoms with Gasteiger partial charge >= 0.3 is 6.03 Å². The third-order valence-corrected chi connectivity index (χ3v) is 5.71. The van der Waals surface area contributed by atoms with Crippen LogP contribution in [0.3, 0.4) is 0 Å². The van der Waals surface area contributed by atoms with E-state index in [0.717, 1.165) is 15.3 Å². The molecule has 0 radical (unpaired) electrons. The van der Waals surface area contributed by atoms with Crippen LogP contribution >= 0.6 is 11.8 Å². The molecule has 0 aliphatic rings. The molecule has 9 heteroatoms. The quantitative estimate of drug-likeness (QED) is 0.433. The molecule has 1 amide bonds. The molecule has 0 saturated carbocycles. The van der Waals surface area contributed by atoms with E-state index in [1.54, 1.807) is 43.6 Å². The van der Waals surface area contributed by atoms with Crippen molar-refractivity contribution in [2.75, 3.05) is 7.05 Å². The molecule has 8 nitrogen and oxygen atoms in total. The van der Waals surface area contributed by atoms with E-state index in [-0.39, 0.29) is 11.9 Å². The highest BCUT2D eigenvalue weighted by molar-refractivity contribution is 7.99. The maximum absolute atomic E-state index is 11.9. The Balaban J connectivity index is 0.000000174. The van der Waals surface area contributed by atoms with Crippen molar-refractivity contribution in [3.05, 3.63) is 97.7 Å². The van der Waals surface area contributed by atoms with Crippen LogP contribution in [0.2, 0.25) is 0 Å². The molecule has 0 bridgehead atoms. The second kappa shape index (κ2) is 9.80. The fraction of sp³-hybridized carbons (Fsp3) is 0.0435. The lowest BCUT2D eigenvalue weighted by molar-refractivity contribution is 0.0960. The predicted octanol–water partition coefficient (Wildman–Crippen LogP) is 4.27. The number of carbonyl (C=O) groups is 2. The summed E-state index contributed by atoms with van der Waals surface area (Å²) in [4.78, 5) is 36.2. The zero-order valence-corrected chi connectivity index (χ0v) is 18.0. The van der Waals surface area contributed by atoms with Gasteiger partial charge in [0.1, 0.15) is 12.7 Å². The summed E-state index contributed by atoms with van der Waals surface area (Å²) in [6.45, 7) is 0. The maximum atomic E-state index is 11.9. The van der Waals surface area contributed by atoms with Crippen LogP contribution < -0.4 is 5.32 Å². The first-order chi connectivity index (χ1) is 15.7. The second-order valence-electron chi connectivity index (χ2n) is 6.60. The third kappa shape index (κ3) is 4.62. The zero-order valence-electron chi connectivity index (χ0n) is 17.2. The normalized spacial score (nSPS) is 10.4. The van der Waals surface area contributed by atoms with Crippen molar-refractivity contribution in [1.29, 1.82) is 0 Å². The van der Waals surface area contributed by atoms with E-state index in [4.69, 9.17) is 0 Å². The van der Waals surface area contributed by atoms with Crippen LogP contribution in [0.4, 0.5) is 4.79 Å². The number of nitrogens with zero attached hydrogens (tertiary/aromatic N) is 4. The number of amides is 1. The third-order valence-electron chi connectivity index (χ3n) is 4.58. The number of imidazole rings is 2. The number of hydrogen-bond acceptors (Lipinski definition) is 5. The molecular weight excluding hydrogens is 424 g/mol. The number of aromatic nitrogens is 5. The zero-order chi connectivity index (χ0) is 22.3. The molecule has 0 spiro atoms. The summed E-state index contributed by atoms with van der Waals surface area (Å²) >= 11 is 1.60. The van der Waals surface area contributed by atoms with Gasteiger partial charge in [0.25, 0.3) is 5.91 Å². The summed E-state index contributed by atoms with van der Waals surface area (Å²) in [5.74, 6) is -0.0621. The van der Waals surface area contributed by atoms with Crippen LogP contribution in [0.5, 0.6) is 0 Å². The summed E-state index contributed by atoms with van der Waals surface area (Å²) in [5.41, 5.74) is 1.80. The minimum absolute atomic E-state index is 0.0621. The lowest BCUT2D eigenvalue weighted by Crippen LogP contribution is -2.18. The van der Waals surface area contributed by atoms with E-state index in [9.17, 15) is 9.59 Å². The Morgan fingerprint density at radius 1 is 0.906 bits per heavy atom. The molecule has 32 heavy (non-hydrogen) atoms. The van der Waals surface area contributed by atoms with Crippen molar-refractivity contribution in [3.8, 4) is 0 Å². The highest BCUT2D eigenvalue weighted by Crippen LogP contribution is 2.35. The number of para-hydroxylation sites is 1. The fourth-order valence-electron chi connectivity index (χ4n) is 3.00. The van der Waals surface area contributed by atoms with Crippen LogP contribution in [0.1, 0.15) is 10.4 Å². The number of carbonyl (C=O) groups excluding carboxylic acids is 2. The Morgan fingerprint density at radius 2 is 1.56 bits per heavy atom. The molecule has 0 fully saturated rings. The van der Waals surface area contributed by atoms with E-state index in [2.05, 4.69) is 26.3 Å². The van der Waals surface area contributed by atoms with Crippen molar-refractivity contribution in [2.45, 2.75) is 9.79 Å². The van der Waals surface area contributed by atoms with Gasteiger partial charge in [-0.05, 0) is 18.2 Å². The summed E-state index contributed by atoms with van der Waals surface area (Å²) < 4.78 is 2.75. The van der Waals surface area contributed by atoms with Gasteiger partial charge in [0.15, 0.2) is 0 Å². The molecule has 5 rings (SSSR count). The average molecular weight is 445 g/mol. The van der Waals surface area contributed by atoms with Gasteiger partial charge in [0.05, 0.1) is 5.56 Å². The van der Waals surface area contributed by atoms with Gasteiger partial charge in [-0.3, -0.25) is 13.9 Å². The van der Waals surface area contributed by atoms with E-state index in [0.29, 0.717) is 5.56 Å². The lowest BCUT2D eigenvalue weighted by atomic mass is 10.2. The van der Waals surface area contributed by atoms with E-state index in [1.165, 1.54) is 27.2 Å². The van der Waals surface area contributed by atoms with Gasteiger partial charge in [-0.25, -0.2) is 14.8 Å². The maximum Gasteiger partial charge on any atom is 0.338 e. The molecule has 2 aromatic carbocycles. The highest BCUT2D eigenvalue weighted by Gasteiger charge is 2.12. The Morgan fingerprint density at radius 3 is 2.22 bits per heavy atom. The monoisotopic (exact) mass is 444 g/mol. The van der Waals surface area contributed by atoms with Gasteiger partial charge < -0.3 is 10.3 Å². The molecule has 0 aliphatic heterocycles. The molecule has 0 unspecified atom stereocenters. The largest absolute Gasteiger partial charge is 0.360 e. The lowest BCUT2D eigenvalue weighted by Gasteiger charge is -2.07. The minimum atomic E-state index is -0.190. The summed E-state index contributed by atoms with van der Waals surface area (Å²) in [6, 6.07) is 15.6. The van der Waals surface area contributed by atoms with Crippen LogP contribution in [-0.2, 0) is 0 Å². The first-order valence-electron chi connectivity index (χ1n) is 9.73. The molecule has 5 aromatic rings. The summed E-state index contributed by atoms with van der Waals surface area (Å²) in [6.07, 6.45) is 11.1. The summed E-state index contributed by atoms with van der Waals surface area (Å²) in [5, 5.41) is 3.85. The average Bonchev–Trinajstić information content (AvgIpc) is 3.62. The molecule has 0 aliphatic carbocycles. The van der Waals surface area contributed by atoms with Crippen molar-refractivity contribution in [3.63, 3.8) is 0 Å². The number of benzene rings is 2. The van der Waals surface area contributed by atoms with Crippen molar-refractivity contribution in [2.24, 2.45) is 0 Å². The van der Waals surface area contributed by atoms with E-state index >= 15 is 0 Å². The Kier molecular flexibility index (Phi) is 6.47. The first kappa shape index (κ1) is 21.1. The predicted molar refractivity (Wildman–Crippen MR) is 123 cm³/mol. The Labute approximate surface area is 188 Å². The van der Waals surface area contributed by atoms with Gasteiger partial charge in [0.2, 0.25) is 0 Å². The first-order valence-corrected chi connectivity index (χ1v) is 10.5. The number of hydrogen-bond donors (Lipinski definition) is 2. The number of fused-ring (bicyclic) bond motifs is 1. The molecule has 3 aromatic heterocycles. The Bertz CT molecular complexity index is 1290. The van der Waals surface area contributed by atoms with Crippen molar-refractivity contribution >= 4 is 34.6 Å². The second-order valence-corrected chi connectivity index (χ2v) is 7.68.